The summed E-state index contributed by atoms with van der Waals surface area (Å²) < 4.78 is 10.8. The van der Waals surface area contributed by atoms with Crippen molar-refractivity contribution in [2.75, 3.05) is 31.3 Å². The van der Waals surface area contributed by atoms with Gasteiger partial charge in [-0.25, -0.2) is 9.97 Å². The van der Waals surface area contributed by atoms with Gasteiger partial charge in [-0.1, -0.05) is 6.07 Å². The first-order valence-corrected chi connectivity index (χ1v) is 10.0. The van der Waals surface area contributed by atoms with E-state index in [0.29, 0.717) is 43.2 Å². The number of amides is 1. The highest BCUT2D eigenvalue weighted by molar-refractivity contribution is 5.96. The molecule has 152 valence electrons. The number of aromatic nitrogens is 2. The van der Waals surface area contributed by atoms with Gasteiger partial charge in [0.15, 0.2) is 11.5 Å². The van der Waals surface area contributed by atoms with Crippen LogP contribution >= 0.6 is 0 Å². The van der Waals surface area contributed by atoms with Crippen LogP contribution in [0.25, 0.3) is 0 Å². The van der Waals surface area contributed by atoms with Crippen molar-refractivity contribution in [3.63, 3.8) is 0 Å². The predicted molar refractivity (Wildman–Crippen MR) is 106 cm³/mol. The number of nitrogens with one attached hydrogen (secondary N) is 1. The maximum Gasteiger partial charge on any atom is 0.270 e. The zero-order valence-electron chi connectivity index (χ0n) is 16.4. The Labute approximate surface area is 168 Å². The van der Waals surface area contributed by atoms with Crippen LogP contribution in [0.2, 0.25) is 0 Å². The Morgan fingerprint density at radius 1 is 1.28 bits per heavy atom. The molecular formula is C21H24N4O4. The normalized spacial score (nSPS) is 23.0. The zero-order valence-corrected chi connectivity index (χ0v) is 16.4. The molecule has 29 heavy (non-hydrogen) atoms. The minimum Gasteiger partial charge on any atom is -0.454 e. The average Bonchev–Trinajstić information content (AvgIpc) is 3.15. The molecule has 1 fully saturated rings. The molecule has 0 radical (unpaired) electrons. The quantitative estimate of drug-likeness (QED) is 0.810. The van der Waals surface area contributed by atoms with Crippen LogP contribution in [-0.2, 0) is 12.8 Å². The van der Waals surface area contributed by atoms with Crippen LogP contribution in [0, 0.1) is 0 Å². The van der Waals surface area contributed by atoms with Crippen molar-refractivity contribution in [2.45, 2.75) is 38.2 Å². The first-order chi connectivity index (χ1) is 14.0. The number of hydrogen-bond acceptors (Lipinski definition) is 7. The third-order valence-electron chi connectivity index (χ3n) is 5.68. The van der Waals surface area contributed by atoms with Crippen molar-refractivity contribution in [2.24, 2.45) is 0 Å². The number of nitrogens with zero attached hydrogens (tertiary/aromatic N) is 3. The Bertz CT molecular complexity index is 975. The maximum absolute atomic E-state index is 12.5. The first kappa shape index (κ1) is 18.2. The SMILES string of the molecule is CC1(O)CCCN(c2nc(Cc3ccc4c(c3)OCO4)nc3c2CCNC3=O)C1. The second-order valence-corrected chi connectivity index (χ2v) is 8.18. The molecule has 2 N–H and O–H groups in total. The fourth-order valence-electron chi connectivity index (χ4n) is 4.29. The van der Waals surface area contributed by atoms with Crippen LogP contribution in [0.3, 0.4) is 0 Å². The number of ether oxygens (including phenoxy) is 2. The summed E-state index contributed by atoms with van der Waals surface area (Å²) in [7, 11) is 0. The van der Waals surface area contributed by atoms with Crippen molar-refractivity contribution in [3.8, 4) is 11.5 Å². The van der Waals surface area contributed by atoms with Crippen LogP contribution in [0.5, 0.6) is 11.5 Å². The fourth-order valence-corrected chi connectivity index (χ4v) is 4.29. The summed E-state index contributed by atoms with van der Waals surface area (Å²) in [6, 6.07) is 5.77. The lowest BCUT2D eigenvalue weighted by Gasteiger charge is -2.39. The van der Waals surface area contributed by atoms with E-state index in [1.165, 1.54) is 0 Å². The molecule has 1 unspecified atom stereocenters. The van der Waals surface area contributed by atoms with Gasteiger partial charge in [0.1, 0.15) is 17.3 Å². The minimum atomic E-state index is -0.759. The Kier molecular flexibility index (Phi) is 4.31. The molecule has 0 spiro atoms. The van der Waals surface area contributed by atoms with Crippen molar-refractivity contribution in [3.05, 3.63) is 40.8 Å². The number of fused-ring (bicyclic) bond motifs is 2. The van der Waals surface area contributed by atoms with Gasteiger partial charge in [-0.15, -0.1) is 0 Å². The molecule has 3 aliphatic heterocycles. The van der Waals surface area contributed by atoms with Gasteiger partial charge in [0.25, 0.3) is 5.91 Å². The lowest BCUT2D eigenvalue weighted by Crippen LogP contribution is -2.47. The number of carbonyl (C=O) groups is 1. The Morgan fingerprint density at radius 2 is 2.14 bits per heavy atom. The fraction of sp³-hybridized carbons (Fsp3) is 0.476. The highest BCUT2D eigenvalue weighted by Crippen LogP contribution is 2.34. The van der Waals surface area contributed by atoms with Crippen LogP contribution in [0.1, 0.15) is 47.2 Å². The summed E-state index contributed by atoms with van der Waals surface area (Å²) in [5.74, 6) is 2.65. The third-order valence-corrected chi connectivity index (χ3v) is 5.68. The smallest absolute Gasteiger partial charge is 0.270 e. The number of hydrogen-bond donors (Lipinski definition) is 2. The minimum absolute atomic E-state index is 0.161. The topological polar surface area (TPSA) is 96.8 Å². The number of piperidine rings is 1. The average molecular weight is 396 g/mol. The van der Waals surface area contributed by atoms with E-state index >= 15 is 0 Å². The summed E-state index contributed by atoms with van der Waals surface area (Å²) in [6.45, 7) is 3.97. The number of rotatable bonds is 3. The molecule has 1 amide bonds. The van der Waals surface area contributed by atoms with E-state index in [2.05, 4.69) is 15.2 Å². The van der Waals surface area contributed by atoms with Crippen LogP contribution in [-0.4, -0.2) is 53.0 Å². The summed E-state index contributed by atoms with van der Waals surface area (Å²) in [6.07, 6.45) is 2.82. The molecule has 3 aliphatic rings. The molecule has 0 aliphatic carbocycles. The Balaban J connectivity index is 1.52. The number of β-amino-alcohol motifs (C(OH)–C–C–N with tert-alkyl or cyclic N) is 1. The summed E-state index contributed by atoms with van der Waals surface area (Å²) in [5.41, 5.74) is 1.55. The van der Waals surface area contributed by atoms with Gasteiger partial charge in [-0.2, -0.15) is 0 Å². The molecule has 0 bridgehead atoms. The largest absolute Gasteiger partial charge is 0.454 e. The van der Waals surface area contributed by atoms with Crippen LogP contribution in [0.4, 0.5) is 5.82 Å². The van der Waals surface area contributed by atoms with Crippen LogP contribution in [0.15, 0.2) is 18.2 Å². The molecular weight excluding hydrogens is 372 g/mol. The van der Waals surface area contributed by atoms with E-state index in [0.717, 1.165) is 42.1 Å². The molecule has 1 aromatic carbocycles. The molecule has 5 rings (SSSR count). The molecule has 0 saturated carbocycles. The lowest BCUT2D eigenvalue weighted by molar-refractivity contribution is 0.0446. The molecule has 1 atom stereocenters. The van der Waals surface area contributed by atoms with Crippen molar-refractivity contribution < 1.29 is 19.4 Å². The van der Waals surface area contributed by atoms with Gasteiger partial charge >= 0.3 is 0 Å². The second kappa shape index (κ2) is 6.88. The second-order valence-electron chi connectivity index (χ2n) is 8.18. The van der Waals surface area contributed by atoms with E-state index in [-0.39, 0.29) is 12.7 Å². The highest BCUT2D eigenvalue weighted by atomic mass is 16.7. The molecule has 8 nitrogen and oxygen atoms in total. The zero-order chi connectivity index (χ0) is 20.0. The Morgan fingerprint density at radius 3 is 3.00 bits per heavy atom. The predicted octanol–water partition coefficient (Wildman–Crippen LogP) is 1.43. The lowest BCUT2D eigenvalue weighted by atomic mass is 9.94. The van der Waals surface area contributed by atoms with E-state index < -0.39 is 5.60 Å². The highest BCUT2D eigenvalue weighted by Gasteiger charge is 2.33. The first-order valence-electron chi connectivity index (χ1n) is 10.0. The number of carbonyl (C=O) groups excluding carboxylic acids is 1. The monoisotopic (exact) mass is 396 g/mol. The van der Waals surface area contributed by atoms with Crippen LogP contribution < -0.4 is 19.7 Å². The van der Waals surface area contributed by atoms with E-state index in [4.69, 9.17) is 14.5 Å². The van der Waals surface area contributed by atoms with Crippen molar-refractivity contribution in [1.29, 1.82) is 0 Å². The van der Waals surface area contributed by atoms with Gasteiger partial charge in [-0.05, 0) is 43.9 Å². The third kappa shape index (κ3) is 3.48. The summed E-state index contributed by atoms with van der Waals surface area (Å²) in [5, 5.41) is 13.4. The van der Waals surface area contributed by atoms with Gasteiger partial charge in [0.05, 0.1) is 5.60 Å². The van der Waals surface area contributed by atoms with Gasteiger partial charge in [-0.3, -0.25) is 4.79 Å². The van der Waals surface area contributed by atoms with Crippen molar-refractivity contribution in [1.82, 2.24) is 15.3 Å². The molecule has 4 heterocycles. The van der Waals surface area contributed by atoms with E-state index in [9.17, 15) is 9.90 Å². The number of aliphatic hydroxyl groups is 1. The van der Waals surface area contributed by atoms with Gasteiger partial charge < -0.3 is 24.8 Å². The number of anilines is 1. The maximum atomic E-state index is 12.5. The van der Waals surface area contributed by atoms with Gasteiger partial charge in [0.2, 0.25) is 6.79 Å². The molecule has 2 aromatic rings. The van der Waals surface area contributed by atoms with Gasteiger partial charge in [0, 0.05) is 31.6 Å². The number of benzene rings is 1. The molecule has 1 saturated heterocycles. The molecule has 1 aromatic heterocycles. The standard InChI is InChI=1S/C21H24N4O4/c1-21(27)6-2-8-25(11-21)19-14-5-7-22-20(26)18(14)23-17(24-19)10-13-3-4-15-16(9-13)29-12-28-15/h3-4,9,27H,2,5-8,10-12H2,1H3,(H,22,26). The van der Waals surface area contributed by atoms with Crippen molar-refractivity contribution >= 4 is 11.7 Å². The summed E-state index contributed by atoms with van der Waals surface area (Å²) in [4.78, 5) is 24.0. The Hall–Kier alpha value is -2.87. The van der Waals surface area contributed by atoms with E-state index in [1.807, 2.05) is 25.1 Å². The molecule has 8 heteroatoms. The van der Waals surface area contributed by atoms with E-state index in [1.54, 1.807) is 0 Å². The summed E-state index contributed by atoms with van der Waals surface area (Å²) >= 11 is 0.